The SMILES string of the molecule is CC(C)OC(=O)c1cnc(Oc2ccc3c(c2)B(O)OC3)cn1. The average Bonchev–Trinajstić information content (AvgIpc) is 2.88. The highest BCUT2D eigenvalue weighted by Gasteiger charge is 2.27. The fraction of sp³-hybridized carbons (Fsp3) is 0.267. The predicted molar refractivity (Wildman–Crippen MR) is 81.5 cm³/mol. The van der Waals surface area contributed by atoms with E-state index in [1.165, 1.54) is 12.4 Å². The molecule has 7 nitrogen and oxygen atoms in total. The first-order valence-electron chi connectivity index (χ1n) is 7.16. The van der Waals surface area contributed by atoms with E-state index in [0.717, 1.165) is 5.56 Å². The van der Waals surface area contributed by atoms with Crippen molar-refractivity contribution in [3.63, 3.8) is 0 Å². The molecule has 0 radical (unpaired) electrons. The highest BCUT2D eigenvalue weighted by Crippen LogP contribution is 2.21. The summed E-state index contributed by atoms with van der Waals surface area (Å²) in [7, 11) is -0.937. The molecule has 23 heavy (non-hydrogen) atoms. The number of benzene rings is 1. The molecule has 3 rings (SSSR count). The van der Waals surface area contributed by atoms with Gasteiger partial charge in [0, 0.05) is 0 Å². The minimum absolute atomic E-state index is 0.115. The first-order valence-corrected chi connectivity index (χ1v) is 7.16. The third-order valence-corrected chi connectivity index (χ3v) is 3.18. The van der Waals surface area contributed by atoms with Crippen molar-refractivity contribution in [2.75, 3.05) is 0 Å². The summed E-state index contributed by atoms with van der Waals surface area (Å²) in [5.74, 6) is 0.205. The second-order valence-corrected chi connectivity index (χ2v) is 5.32. The van der Waals surface area contributed by atoms with Crippen molar-refractivity contribution in [2.24, 2.45) is 0 Å². The van der Waals surface area contributed by atoms with Crippen LogP contribution in [0.4, 0.5) is 0 Å². The van der Waals surface area contributed by atoms with Crippen LogP contribution < -0.4 is 10.2 Å². The van der Waals surface area contributed by atoms with Gasteiger partial charge < -0.3 is 19.2 Å². The molecule has 0 atom stereocenters. The minimum Gasteiger partial charge on any atom is -0.458 e. The summed E-state index contributed by atoms with van der Waals surface area (Å²) in [6.45, 7) is 3.90. The van der Waals surface area contributed by atoms with Crippen LogP contribution in [0.3, 0.4) is 0 Å². The van der Waals surface area contributed by atoms with Crippen LogP contribution in [0.1, 0.15) is 29.9 Å². The Morgan fingerprint density at radius 1 is 1.35 bits per heavy atom. The number of nitrogens with zero attached hydrogens (tertiary/aromatic N) is 2. The zero-order valence-corrected chi connectivity index (χ0v) is 12.7. The Bertz CT molecular complexity index is 720. The van der Waals surface area contributed by atoms with E-state index in [-0.39, 0.29) is 17.7 Å². The summed E-state index contributed by atoms with van der Waals surface area (Å²) in [5.41, 5.74) is 1.71. The summed E-state index contributed by atoms with van der Waals surface area (Å²) in [6, 6.07) is 5.27. The van der Waals surface area contributed by atoms with Gasteiger partial charge in [0.1, 0.15) is 5.75 Å². The van der Waals surface area contributed by atoms with Gasteiger partial charge >= 0.3 is 13.1 Å². The molecule has 1 aliphatic heterocycles. The maximum atomic E-state index is 11.7. The third kappa shape index (κ3) is 3.49. The predicted octanol–water partition coefficient (Wildman–Crippen LogP) is 1.05. The highest BCUT2D eigenvalue weighted by molar-refractivity contribution is 6.61. The number of aromatic nitrogens is 2. The monoisotopic (exact) mass is 314 g/mol. The van der Waals surface area contributed by atoms with Crippen molar-refractivity contribution in [1.29, 1.82) is 0 Å². The summed E-state index contributed by atoms with van der Waals surface area (Å²) < 4.78 is 15.7. The van der Waals surface area contributed by atoms with Crippen molar-refractivity contribution in [2.45, 2.75) is 26.6 Å². The fourth-order valence-corrected chi connectivity index (χ4v) is 2.13. The molecular weight excluding hydrogens is 299 g/mol. The fourth-order valence-electron chi connectivity index (χ4n) is 2.13. The Morgan fingerprint density at radius 3 is 2.87 bits per heavy atom. The number of fused-ring (bicyclic) bond motifs is 1. The summed E-state index contributed by atoms with van der Waals surface area (Å²) >= 11 is 0. The molecule has 0 unspecified atom stereocenters. The summed E-state index contributed by atoms with van der Waals surface area (Å²) in [6.07, 6.45) is 2.42. The maximum Gasteiger partial charge on any atom is 0.491 e. The Labute approximate surface area is 133 Å². The van der Waals surface area contributed by atoms with Crippen molar-refractivity contribution in [1.82, 2.24) is 9.97 Å². The van der Waals surface area contributed by atoms with Crippen molar-refractivity contribution in [3.8, 4) is 11.6 Å². The topological polar surface area (TPSA) is 90.8 Å². The standard InChI is InChI=1S/C15H15BN2O5/c1-9(2)22-15(19)13-6-18-14(7-17-13)23-11-4-3-10-8-21-16(20)12(10)5-11/h3-7,9,20H,8H2,1-2H3. The molecule has 8 heteroatoms. The molecule has 1 aliphatic rings. The lowest BCUT2D eigenvalue weighted by atomic mass is 9.79. The van der Waals surface area contributed by atoms with Gasteiger partial charge in [-0.25, -0.2) is 14.8 Å². The first-order chi connectivity index (χ1) is 11.0. The Morgan fingerprint density at radius 2 is 2.17 bits per heavy atom. The molecule has 0 bridgehead atoms. The van der Waals surface area contributed by atoms with Crippen LogP contribution in [-0.2, 0) is 16.0 Å². The van der Waals surface area contributed by atoms with E-state index in [0.29, 0.717) is 17.8 Å². The third-order valence-electron chi connectivity index (χ3n) is 3.18. The lowest BCUT2D eigenvalue weighted by molar-refractivity contribution is 0.0370. The molecule has 0 saturated heterocycles. The number of hydrogen-bond donors (Lipinski definition) is 1. The van der Waals surface area contributed by atoms with Crippen LogP contribution in [-0.4, -0.2) is 34.2 Å². The lowest BCUT2D eigenvalue weighted by Gasteiger charge is -2.08. The van der Waals surface area contributed by atoms with Crippen LogP contribution in [0.5, 0.6) is 11.6 Å². The van der Waals surface area contributed by atoms with Crippen LogP contribution in [0.25, 0.3) is 0 Å². The highest BCUT2D eigenvalue weighted by atomic mass is 16.5. The van der Waals surface area contributed by atoms with Gasteiger partial charge in [0.05, 0.1) is 25.1 Å². The molecule has 1 aromatic heterocycles. The van der Waals surface area contributed by atoms with Crippen molar-refractivity contribution in [3.05, 3.63) is 41.9 Å². The molecule has 118 valence electrons. The number of esters is 1. The molecule has 2 aromatic rings. The van der Waals surface area contributed by atoms with E-state index in [1.807, 2.05) is 6.07 Å². The normalized spacial score (nSPS) is 13.1. The van der Waals surface area contributed by atoms with Crippen molar-refractivity contribution < 1.29 is 23.9 Å². The molecule has 0 aliphatic carbocycles. The molecule has 1 aromatic carbocycles. The second-order valence-electron chi connectivity index (χ2n) is 5.32. The van der Waals surface area contributed by atoms with E-state index in [1.54, 1.807) is 26.0 Å². The van der Waals surface area contributed by atoms with Crippen molar-refractivity contribution >= 4 is 18.6 Å². The van der Waals surface area contributed by atoms with Gasteiger partial charge in [0.2, 0.25) is 5.88 Å². The largest absolute Gasteiger partial charge is 0.491 e. The maximum absolute atomic E-state index is 11.7. The molecule has 0 spiro atoms. The zero-order valence-electron chi connectivity index (χ0n) is 12.7. The number of hydrogen-bond acceptors (Lipinski definition) is 7. The van der Waals surface area contributed by atoms with Gasteiger partial charge in [-0.05, 0) is 37.0 Å². The van der Waals surface area contributed by atoms with E-state index in [4.69, 9.17) is 14.1 Å². The van der Waals surface area contributed by atoms with E-state index < -0.39 is 13.1 Å². The number of carbonyl (C=O) groups is 1. The van der Waals surface area contributed by atoms with Gasteiger partial charge in [0.15, 0.2) is 5.69 Å². The average molecular weight is 314 g/mol. The smallest absolute Gasteiger partial charge is 0.458 e. The van der Waals surface area contributed by atoms with Gasteiger partial charge in [-0.1, -0.05) is 6.07 Å². The summed E-state index contributed by atoms with van der Waals surface area (Å²) in [5, 5.41) is 9.68. The molecular formula is C15H15BN2O5. The molecule has 2 heterocycles. The first kappa shape index (κ1) is 15.5. The number of rotatable bonds is 4. The zero-order chi connectivity index (χ0) is 16.4. The molecule has 0 fully saturated rings. The van der Waals surface area contributed by atoms with Gasteiger partial charge in [-0.3, -0.25) is 0 Å². The van der Waals surface area contributed by atoms with E-state index in [9.17, 15) is 9.82 Å². The van der Waals surface area contributed by atoms with Crippen LogP contribution in [0.15, 0.2) is 30.6 Å². The second kappa shape index (κ2) is 6.35. The lowest BCUT2D eigenvalue weighted by Crippen LogP contribution is -2.27. The van der Waals surface area contributed by atoms with Crippen LogP contribution in [0.2, 0.25) is 0 Å². The summed E-state index contributed by atoms with van der Waals surface area (Å²) in [4.78, 5) is 19.7. The minimum atomic E-state index is -0.937. The van der Waals surface area contributed by atoms with Crippen LogP contribution in [0, 0.1) is 0 Å². The molecule has 0 saturated carbocycles. The van der Waals surface area contributed by atoms with Gasteiger partial charge in [0.25, 0.3) is 0 Å². The molecule has 0 amide bonds. The molecule has 1 N–H and O–H groups in total. The Hall–Kier alpha value is -2.45. The number of ether oxygens (including phenoxy) is 2. The number of carbonyl (C=O) groups excluding carboxylic acids is 1. The van der Waals surface area contributed by atoms with Gasteiger partial charge in [-0.2, -0.15) is 0 Å². The van der Waals surface area contributed by atoms with Crippen LogP contribution >= 0.6 is 0 Å². The Balaban J connectivity index is 1.71. The van der Waals surface area contributed by atoms with E-state index >= 15 is 0 Å². The quantitative estimate of drug-likeness (QED) is 0.666. The van der Waals surface area contributed by atoms with E-state index in [2.05, 4.69) is 9.97 Å². The Kier molecular flexibility index (Phi) is 4.27. The van der Waals surface area contributed by atoms with Gasteiger partial charge in [-0.15, -0.1) is 0 Å².